The molecule has 3 nitrogen and oxygen atoms in total. The van der Waals surface area contributed by atoms with Gasteiger partial charge in [0.25, 0.3) is 0 Å². The highest BCUT2D eigenvalue weighted by molar-refractivity contribution is 5.60. The van der Waals surface area contributed by atoms with Gasteiger partial charge in [0, 0.05) is 12.6 Å². The highest BCUT2D eigenvalue weighted by Crippen LogP contribution is 2.41. The number of nitriles is 1. The third-order valence-corrected chi connectivity index (χ3v) is 4.42. The Labute approximate surface area is 115 Å². The van der Waals surface area contributed by atoms with Crippen LogP contribution in [0, 0.1) is 16.7 Å². The van der Waals surface area contributed by atoms with Gasteiger partial charge in [-0.25, -0.2) is 0 Å². The summed E-state index contributed by atoms with van der Waals surface area (Å²) in [5, 5.41) is 12.6. The summed E-state index contributed by atoms with van der Waals surface area (Å²) < 4.78 is 5.23. The molecule has 0 atom stereocenters. The predicted molar refractivity (Wildman–Crippen MR) is 77.4 cm³/mol. The summed E-state index contributed by atoms with van der Waals surface area (Å²) in [5.41, 5.74) is 1.99. The van der Waals surface area contributed by atoms with Gasteiger partial charge in [0.1, 0.15) is 11.8 Å². The fourth-order valence-electron chi connectivity index (χ4n) is 2.96. The summed E-state index contributed by atoms with van der Waals surface area (Å²) in [6.07, 6.45) is 6.45. The number of benzene rings is 1. The minimum atomic E-state index is 0.413. The van der Waals surface area contributed by atoms with Crippen LogP contribution in [0.15, 0.2) is 18.2 Å². The second kappa shape index (κ2) is 5.97. The van der Waals surface area contributed by atoms with Gasteiger partial charge >= 0.3 is 0 Å². The monoisotopic (exact) mass is 258 g/mol. The molecule has 19 heavy (non-hydrogen) atoms. The highest BCUT2D eigenvalue weighted by Gasteiger charge is 2.31. The van der Waals surface area contributed by atoms with E-state index in [2.05, 4.69) is 18.3 Å². The van der Waals surface area contributed by atoms with E-state index < -0.39 is 0 Å². The van der Waals surface area contributed by atoms with Crippen molar-refractivity contribution < 1.29 is 4.74 Å². The van der Waals surface area contributed by atoms with Gasteiger partial charge in [-0.15, -0.1) is 0 Å². The Kier molecular flexibility index (Phi) is 4.31. The second-order valence-electron chi connectivity index (χ2n) is 5.44. The molecule has 0 bridgehead atoms. The lowest BCUT2D eigenvalue weighted by atomic mass is 9.83. The van der Waals surface area contributed by atoms with Crippen LogP contribution in [0.5, 0.6) is 5.75 Å². The maximum Gasteiger partial charge on any atom is 0.121 e. The minimum Gasteiger partial charge on any atom is -0.497 e. The van der Waals surface area contributed by atoms with Crippen molar-refractivity contribution in [2.24, 2.45) is 5.41 Å². The van der Waals surface area contributed by atoms with Crippen LogP contribution in [-0.2, 0) is 0 Å². The molecule has 0 radical (unpaired) electrons. The Morgan fingerprint density at radius 2 is 2.11 bits per heavy atom. The van der Waals surface area contributed by atoms with E-state index in [4.69, 9.17) is 10.00 Å². The Hall–Kier alpha value is -1.69. The van der Waals surface area contributed by atoms with Crippen molar-refractivity contribution in [2.45, 2.75) is 39.0 Å². The smallest absolute Gasteiger partial charge is 0.121 e. The molecule has 0 aliphatic heterocycles. The summed E-state index contributed by atoms with van der Waals surface area (Å²) >= 11 is 0. The van der Waals surface area contributed by atoms with E-state index in [0.717, 1.165) is 18.0 Å². The first kappa shape index (κ1) is 13.7. The topological polar surface area (TPSA) is 45.0 Å². The van der Waals surface area contributed by atoms with Crippen LogP contribution in [-0.4, -0.2) is 13.7 Å². The van der Waals surface area contributed by atoms with Gasteiger partial charge in [-0.3, -0.25) is 0 Å². The van der Waals surface area contributed by atoms with Crippen LogP contribution < -0.4 is 10.1 Å². The standard InChI is InChI=1S/C16H22N2O/c1-3-16(8-4-5-9-16)12-18-15-10-14(19-2)7-6-13(15)11-17/h6-7,10,18H,3-5,8-9,12H2,1-2H3. The Bertz CT molecular complexity index is 470. The van der Waals surface area contributed by atoms with Gasteiger partial charge < -0.3 is 10.1 Å². The summed E-state index contributed by atoms with van der Waals surface area (Å²) in [4.78, 5) is 0. The summed E-state index contributed by atoms with van der Waals surface area (Å²) in [6, 6.07) is 7.79. The average molecular weight is 258 g/mol. The summed E-state index contributed by atoms with van der Waals surface area (Å²) in [5.74, 6) is 0.790. The van der Waals surface area contributed by atoms with Gasteiger partial charge in [-0.05, 0) is 36.8 Å². The van der Waals surface area contributed by atoms with E-state index in [-0.39, 0.29) is 0 Å². The Morgan fingerprint density at radius 3 is 2.68 bits per heavy atom. The predicted octanol–water partition coefficient (Wildman–Crippen LogP) is 3.95. The number of methoxy groups -OCH3 is 1. The quantitative estimate of drug-likeness (QED) is 0.869. The van der Waals surface area contributed by atoms with E-state index >= 15 is 0 Å². The molecule has 0 unspecified atom stereocenters. The third kappa shape index (κ3) is 3.01. The van der Waals surface area contributed by atoms with Crippen LogP contribution in [0.25, 0.3) is 0 Å². The second-order valence-corrected chi connectivity index (χ2v) is 5.44. The number of ether oxygens (including phenoxy) is 1. The number of rotatable bonds is 5. The maximum absolute atomic E-state index is 9.16. The van der Waals surface area contributed by atoms with E-state index in [1.807, 2.05) is 18.2 Å². The molecule has 0 aromatic heterocycles. The minimum absolute atomic E-state index is 0.413. The molecule has 1 aliphatic carbocycles. The SMILES string of the molecule is CCC1(CNc2cc(OC)ccc2C#N)CCCC1. The van der Waals surface area contributed by atoms with Crippen molar-refractivity contribution in [2.75, 3.05) is 19.0 Å². The van der Waals surface area contributed by atoms with Crippen LogP contribution in [0.2, 0.25) is 0 Å². The van der Waals surface area contributed by atoms with Crippen LogP contribution in [0.1, 0.15) is 44.6 Å². The summed E-state index contributed by atoms with van der Waals surface area (Å²) in [7, 11) is 1.65. The van der Waals surface area contributed by atoms with Crippen molar-refractivity contribution in [1.29, 1.82) is 5.26 Å². The van der Waals surface area contributed by atoms with Crippen molar-refractivity contribution in [3.63, 3.8) is 0 Å². The molecular weight excluding hydrogens is 236 g/mol. The molecule has 0 spiro atoms. The molecule has 1 aliphatic rings. The average Bonchev–Trinajstić information content (AvgIpc) is 2.94. The molecule has 102 valence electrons. The molecule has 3 heteroatoms. The van der Waals surface area contributed by atoms with Gasteiger partial charge in [0.05, 0.1) is 18.4 Å². The lowest BCUT2D eigenvalue weighted by molar-refractivity contribution is 0.307. The van der Waals surface area contributed by atoms with Gasteiger partial charge in [0.15, 0.2) is 0 Å². The van der Waals surface area contributed by atoms with E-state index in [0.29, 0.717) is 11.0 Å². The normalized spacial score (nSPS) is 16.9. The number of nitrogens with one attached hydrogen (secondary N) is 1. The van der Waals surface area contributed by atoms with Crippen molar-refractivity contribution in [3.8, 4) is 11.8 Å². The number of nitrogens with zero attached hydrogens (tertiary/aromatic N) is 1. The first-order valence-electron chi connectivity index (χ1n) is 7.05. The largest absolute Gasteiger partial charge is 0.497 e. The molecule has 1 fully saturated rings. The highest BCUT2D eigenvalue weighted by atomic mass is 16.5. The van der Waals surface area contributed by atoms with E-state index in [9.17, 15) is 0 Å². The van der Waals surface area contributed by atoms with Crippen LogP contribution in [0.4, 0.5) is 5.69 Å². The Balaban J connectivity index is 2.12. The zero-order valence-corrected chi connectivity index (χ0v) is 11.8. The lowest BCUT2D eigenvalue weighted by Gasteiger charge is -2.28. The summed E-state index contributed by atoms with van der Waals surface area (Å²) in [6.45, 7) is 3.22. The molecule has 1 N–H and O–H groups in total. The van der Waals surface area contributed by atoms with Gasteiger partial charge in [-0.2, -0.15) is 5.26 Å². The lowest BCUT2D eigenvalue weighted by Crippen LogP contribution is -2.26. The van der Waals surface area contributed by atoms with Crippen molar-refractivity contribution >= 4 is 5.69 Å². The van der Waals surface area contributed by atoms with E-state index in [1.54, 1.807) is 7.11 Å². The molecule has 0 amide bonds. The third-order valence-electron chi connectivity index (χ3n) is 4.42. The molecule has 1 aromatic rings. The zero-order chi connectivity index (χ0) is 13.7. The fourth-order valence-corrected chi connectivity index (χ4v) is 2.96. The molecule has 1 aromatic carbocycles. The zero-order valence-electron chi connectivity index (χ0n) is 11.8. The molecular formula is C16H22N2O. The number of hydrogen-bond donors (Lipinski definition) is 1. The van der Waals surface area contributed by atoms with Gasteiger partial charge in [-0.1, -0.05) is 19.8 Å². The van der Waals surface area contributed by atoms with Crippen molar-refractivity contribution in [1.82, 2.24) is 0 Å². The first-order chi connectivity index (χ1) is 9.23. The molecule has 0 saturated heterocycles. The fraction of sp³-hybridized carbons (Fsp3) is 0.562. The van der Waals surface area contributed by atoms with Gasteiger partial charge in [0.2, 0.25) is 0 Å². The van der Waals surface area contributed by atoms with Crippen LogP contribution >= 0.6 is 0 Å². The van der Waals surface area contributed by atoms with E-state index in [1.165, 1.54) is 32.1 Å². The number of anilines is 1. The molecule has 2 rings (SSSR count). The molecule has 0 heterocycles. The van der Waals surface area contributed by atoms with Crippen LogP contribution in [0.3, 0.4) is 0 Å². The molecule has 1 saturated carbocycles. The number of hydrogen-bond acceptors (Lipinski definition) is 3. The van der Waals surface area contributed by atoms with Crippen molar-refractivity contribution in [3.05, 3.63) is 23.8 Å². The Morgan fingerprint density at radius 1 is 1.37 bits per heavy atom. The first-order valence-corrected chi connectivity index (χ1v) is 7.05. The maximum atomic E-state index is 9.16.